The summed E-state index contributed by atoms with van der Waals surface area (Å²) in [6, 6.07) is 11.5. The standard InChI is InChI=1S/C20H15ClN2O3/c21-12-7-8-17-15(10-12)18(14-5-2-6-16(14)23-17)19(24)22-13-4-1-3-11(9-13)20(25)26/h1,3-4,7-10H,2,5-6H2,(H,22,24)(H,25,26). The number of aromatic nitrogens is 1. The van der Waals surface area contributed by atoms with Crippen molar-refractivity contribution in [2.24, 2.45) is 0 Å². The largest absolute Gasteiger partial charge is 0.478 e. The predicted molar refractivity (Wildman–Crippen MR) is 100 cm³/mol. The molecule has 1 aromatic heterocycles. The SMILES string of the molecule is O=C(O)c1cccc(NC(=O)c2c3c(nc4ccc(Cl)cc24)CCC3)c1. The van der Waals surface area contributed by atoms with Crippen molar-refractivity contribution in [1.82, 2.24) is 4.98 Å². The summed E-state index contributed by atoms with van der Waals surface area (Å²) < 4.78 is 0. The molecular formula is C20H15ClN2O3. The molecule has 0 bridgehead atoms. The molecule has 0 atom stereocenters. The van der Waals surface area contributed by atoms with Crippen molar-refractivity contribution in [3.8, 4) is 0 Å². The van der Waals surface area contributed by atoms with Crippen LogP contribution in [0.25, 0.3) is 10.9 Å². The van der Waals surface area contributed by atoms with Gasteiger partial charge in [-0.1, -0.05) is 17.7 Å². The van der Waals surface area contributed by atoms with Gasteiger partial charge in [0.1, 0.15) is 0 Å². The average molecular weight is 367 g/mol. The molecule has 1 heterocycles. The zero-order chi connectivity index (χ0) is 18.3. The number of hydrogen-bond donors (Lipinski definition) is 2. The monoisotopic (exact) mass is 366 g/mol. The summed E-state index contributed by atoms with van der Waals surface area (Å²) in [6.45, 7) is 0. The highest BCUT2D eigenvalue weighted by atomic mass is 35.5. The third-order valence-corrected chi connectivity index (χ3v) is 4.80. The Hall–Kier alpha value is -2.92. The van der Waals surface area contributed by atoms with Crippen molar-refractivity contribution in [3.63, 3.8) is 0 Å². The first kappa shape index (κ1) is 16.5. The summed E-state index contributed by atoms with van der Waals surface area (Å²) in [5.41, 5.74) is 3.77. The van der Waals surface area contributed by atoms with Crippen LogP contribution in [0.5, 0.6) is 0 Å². The number of carbonyl (C=O) groups excluding carboxylic acids is 1. The highest BCUT2D eigenvalue weighted by Gasteiger charge is 2.24. The Labute approximate surface area is 154 Å². The molecule has 0 aliphatic heterocycles. The third kappa shape index (κ3) is 2.91. The molecule has 6 heteroatoms. The lowest BCUT2D eigenvalue weighted by atomic mass is 10.0. The number of aromatic carboxylic acids is 1. The number of aryl methyl sites for hydroxylation is 1. The van der Waals surface area contributed by atoms with Gasteiger partial charge in [-0.25, -0.2) is 4.79 Å². The minimum absolute atomic E-state index is 0.121. The Kier molecular flexibility index (Phi) is 4.09. The molecule has 1 aliphatic carbocycles. The van der Waals surface area contributed by atoms with Crippen molar-refractivity contribution in [2.45, 2.75) is 19.3 Å². The summed E-state index contributed by atoms with van der Waals surface area (Å²) in [4.78, 5) is 28.9. The van der Waals surface area contributed by atoms with Crippen molar-refractivity contribution >= 4 is 40.1 Å². The number of pyridine rings is 1. The van der Waals surface area contributed by atoms with Crippen LogP contribution in [0.15, 0.2) is 42.5 Å². The van der Waals surface area contributed by atoms with E-state index in [0.717, 1.165) is 36.0 Å². The molecule has 0 spiro atoms. The highest BCUT2D eigenvalue weighted by Crippen LogP contribution is 2.32. The van der Waals surface area contributed by atoms with Crippen LogP contribution < -0.4 is 5.32 Å². The predicted octanol–water partition coefficient (Wildman–Crippen LogP) is 4.33. The molecule has 1 amide bonds. The van der Waals surface area contributed by atoms with Gasteiger partial charge >= 0.3 is 5.97 Å². The lowest BCUT2D eigenvalue weighted by molar-refractivity contribution is 0.0696. The molecule has 26 heavy (non-hydrogen) atoms. The maximum atomic E-state index is 13.1. The Morgan fingerprint density at radius 3 is 2.77 bits per heavy atom. The summed E-state index contributed by atoms with van der Waals surface area (Å²) in [5, 5.41) is 13.2. The fraction of sp³-hybridized carbons (Fsp3) is 0.150. The van der Waals surface area contributed by atoms with Gasteiger partial charge in [0, 0.05) is 21.8 Å². The number of carboxylic acids is 1. The van der Waals surface area contributed by atoms with Gasteiger partial charge in [-0.2, -0.15) is 0 Å². The topological polar surface area (TPSA) is 79.3 Å². The van der Waals surface area contributed by atoms with E-state index < -0.39 is 5.97 Å². The molecule has 4 rings (SSSR count). The maximum absolute atomic E-state index is 13.1. The molecule has 0 fully saturated rings. The zero-order valence-electron chi connectivity index (χ0n) is 13.8. The second-order valence-electron chi connectivity index (χ2n) is 6.27. The van der Waals surface area contributed by atoms with Gasteiger partial charge in [0.2, 0.25) is 0 Å². The number of benzene rings is 2. The average Bonchev–Trinajstić information content (AvgIpc) is 3.07. The fourth-order valence-electron chi connectivity index (χ4n) is 3.42. The second-order valence-corrected chi connectivity index (χ2v) is 6.70. The van der Waals surface area contributed by atoms with Crippen molar-refractivity contribution < 1.29 is 14.7 Å². The van der Waals surface area contributed by atoms with Crippen LogP contribution in [-0.2, 0) is 12.8 Å². The number of nitrogens with one attached hydrogen (secondary N) is 1. The van der Waals surface area contributed by atoms with E-state index in [4.69, 9.17) is 16.7 Å². The Morgan fingerprint density at radius 2 is 1.96 bits per heavy atom. The van der Waals surface area contributed by atoms with E-state index in [1.165, 1.54) is 12.1 Å². The van der Waals surface area contributed by atoms with Crippen LogP contribution in [0, 0.1) is 0 Å². The Balaban J connectivity index is 1.81. The smallest absolute Gasteiger partial charge is 0.335 e. The van der Waals surface area contributed by atoms with Crippen LogP contribution in [0.3, 0.4) is 0 Å². The first-order valence-corrected chi connectivity index (χ1v) is 8.66. The first-order valence-electron chi connectivity index (χ1n) is 8.28. The summed E-state index contributed by atoms with van der Waals surface area (Å²) in [5.74, 6) is -1.32. The number of carboxylic acid groups (broad SMARTS) is 1. The quantitative estimate of drug-likeness (QED) is 0.723. The lowest BCUT2D eigenvalue weighted by Crippen LogP contribution is -2.16. The molecule has 5 nitrogen and oxygen atoms in total. The maximum Gasteiger partial charge on any atom is 0.335 e. The second kappa shape index (κ2) is 6.42. The molecule has 0 saturated carbocycles. The molecule has 0 unspecified atom stereocenters. The van der Waals surface area contributed by atoms with Gasteiger partial charge in [-0.3, -0.25) is 9.78 Å². The van der Waals surface area contributed by atoms with Gasteiger partial charge < -0.3 is 10.4 Å². The van der Waals surface area contributed by atoms with Crippen molar-refractivity contribution in [3.05, 3.63) is 69.9 Å². The molecule has 1 aliphatic rings. The fourth-order valence-corrected chi connectivity index (χ4v) is 3.59. The van der Waals surface area contributed by atoms with Crippen LogP contribution >= 0.6 is 11.6 Å². The first-order chi connectivity index (χ1) is 12.5. The number of carbonyl (C=O) groups is 2. The summed E-state index contributed by atoms with van der Waals surface area (Å²) in [7, 11) is 0. The molecule has 2 N–H and O–H groups in total. The number of amides is 1. The van der Waals surface area contributed by atoms with E-state index in [1.54, 1.807) is 24.3 Å². The van der Waals surface area contributed by atoms with Crippen LogP contribution in [0.1, 0.15) is 38.4 Å². The number of fused-ring (bicyclic) bond motifs is 2. The van der Waals surface area contributed by atoms with Crippen LogP contribution in [0.4, 0.5) is 5.69 Å². The van der Waals surface area contributed by atoms with Crippen LogP contribution in [0.2, 0.25) is 5.02 Å². The van der Waals surface area contributed by atoms with E-state index in [-0.39, 0.29) is 11.5 Å². The normalized spacial score (nSPS) is 12.8. The Bertz CT molecular complexity index is 1060. The Morgan fingerprint density at radius 1 is 1.12 bits per heavy atom. The lowest BCUT2D eigenvalue weighted by Gasteiger charge is -2.13. The van der Waals surface area contributed by atoms with Gasteiger partial charge in [0.05, 0.1) is 16.6 Å². The summed E-state index contributed by atoms with van der Waals surface area (Å²) in [6.07, 6.45) is 2.60. The van der Waals surface area contributed by atoms with E-state index in [0.29, 0.717) is 21.7 Å². The summed E-state index contributed by atoms with van der Waals surface area (Å²) >= 11 is 6.14. The van der Waals surface area contributed by atoms with E-state index in [1.807, 2.05) is 6.07 Å². The molecular weight excluding hydrogens is 352 g/mol. The number of anilines is 1. The number of hydrogen-bond acceptors (Lipinski definition) is 3. The van der Waals surface area contributed by atoms with Gasteiger partial charge in [-0.15, -0.1) is 0 Å². The molecule has 0 radical (unpaired) electrons. The number of nitrogens with zero attached hydrogens (tertiary/aromatic N) is 1. The van der Waals surface area contributed by atoms with Crippen LogP contribution in [-0.4, -0.2) is 22.0 Å². The van der Waals surface area contributed by atoms with E-state index in [9.17, 15) is 9.59 Å². The zero-order valence-corrected chi connectivity index (χ0v) is 14.5. The third-order valence-electron chi connectivity index (χ3n) is 4.57. The highest BCUT2D eigenvalue weighted by molar-refractivity contribution is 6.31. The molecule has 130 valence electrons. The van der Waals surface area contributed by atoms with Gasteiger partial charge in [0.25, 0.3) is 5.91 Å². The van der Waals surface area contributed by atoms with Gasteiger partial charge in [0.15, 0.2) is 0 Å². The molecule has 3 aromatic rings. The van der Waals surface area contributed by atoms with Gasteiger partial charge in [-0.05, 0) is 61.2 Å². The van der Waals surface area contributed by atoms with E-state index in [2.05, 4.69) is 10.3 Å². The minimum atomic E-state index is -1.04. The number of halogens is 1. The number of rotatable bonds is 3. The molecule has 2 aromatic carbocycles. The minimum Gasteiger partial charge on any atom is -0.478 e. The van der Waals surface area contributed by atoms with Crippen molar-refractivity contribution in [1.29, 1.82) is 0 Å². The van der Waals surface area contributed by atoms with Crippen molar-refractivity contribution in [2.75, 3.05) is 5.32 Å². The molecule has 0 saturated heterocycles. The van der Waals surface area contributed by atoms with E-state index >= 15 is 0 Å².